The zero-order chi connectivity index (χ0) is 12.8. The largest absolute Gasteiger partial charge is 0.481 e. The maximum atomic E-state index is 11.7. The maximum absolute atomic E-state index is 11.7. The van der Waals surface area contributed by atoms with Crippen molar-refractivity contribution in [2.45, 2.75) is 32.4 Å². The Labute approximate surface area is 90.8 Å². The molecule has 0 aromatic carbocycles. The molecule has 1 amide bonds. The molecule has 1 atom stereocenters. The van der Waals surface area contributed by atoms with Gasteiger partial charge in [0.2, 0.25) is 5.91 Å². The van der Waals surface area contributed by atoms with Gasteiger partial charge in [0.15, 0.2) is 0 Å². The van der Waals surface area contributed by atoms with Crippen molar-refractivity contribution in [2.75, 3.05) is 6.54 Å². The number of aliphatic carboxylic acids is 1. The molecule has 0 aliphatic heterocycles. The fraction of sp³-hybridized carbons (Fsp3) is 0.778. The summed E-state index contributed by atoms with van der Waals surface area (Å²) < 4.78 is 35.1. The Balaban J connectivity index is 3.60. The van der Waals surface area contributed by atoms with Crippen LogP contribution in [0.25, 0.3) is 0 Å². The molecule has 94 valence electrons. The number of carboxylic acid groups (broad SMARTS) is 1. The summed E-state index contributed by atoms with van der Waals surface area (Å²) in [5, 5.41) is 10.7. The van der Waals surface area contributed by atoms with Gasteiger partial charge in [0, 0.05) is 13.0 Å². The van der Waals surface area contributed by atoms with E-state index in [4.69, 9.17) is 5.11 Å². The summed E-state index contributed by atoms with van der Waals surface area (Å²) in [7, 11) is 0. The fourth-order valence-electron chi connectivity index (χ4n) is 0.927. The molecule has 0 saturated heterocycles. The van der Waals surface area contributed by atoms with Gasteiger partial charge in [-0.15, -0.1) is 0 Å². The first-order valence-corrected chi connectivity index (χ1v) is 4.81. The maximum Gasteiger partial charge on any atom is 0.389 e. The van der Waals surface area contributed by atoms with E-state index in [0.29, 0.717) is 0 Å². The molecule has 0 aliphatic rings. The predicted molar refractivity (Wildman–Crippen MR) is 49.7 cm³/mol. The second kappa shape index (κ2) is 6.34. The number of hydrogen-bond donors (Lipinski definition) is 2. The van der Waals surface area contributed by atoms with E-state index >= 15 is 0 Å². The summed E-state index contributed by atoms with van der Waals surface area (Å²) in [4.78, 5) is 21.4. The third-order valence-corrected chi connectivity index (χ3v) is 1.95. The Kier molecular flexibility index (Phi) is 5.84. The molecule has 0 rings (SSSR count). The molecule has 0 aromatic rings. The van der Waals surface area contributed by atoms with Crippen LogP contribution < -0.4 is 5.32 Å². The van der Waals surface area contributed by atoms with E-state index < -0.39 is 30.4 Å². The van der Waals surface area contributed by atoms with Gasteiger partial charge in [-0.25, -0.2) is 0 Å². The third-order valence-electron chi connectivity index (χ3n) is 1.95. The standard InChI is InChI=1S/C9H14F3NO3/c1-6(8(15)16)7(14)13-5-3-2-4-9(10,11)12/h6H,2-5H2,1H3,(H,13,14)(H,15,16). The van der Waals surface area contributed by atoms with Crippen molar-refractivity contribution >= 4 is 11.9 Å². The Morgan fingerprint density at radius 2 is 1.88 bits per heavy atom. The molecular weight excluding hydrogens is 227 g/mol. The van der Waals surface area contributed by atoms with Crippen LogP contribution in [0.4, 0.5) is 13.2 Å². The normalized spacial score (nSPS) is 13.2. The van der Waals surface area contributed by atoms with Crippen molar-refractivity contribution in [1.29, 1.82) is 0 Å². The third kappa shape index (κ3) is 7.08. The van der Waals surface area contributed by atoms with Crippen LogP contribution >= 0.6 is 0 Å². The summed E-state index contributed by atoms with van der Waals surface area (Å²) in [6.07, 6.45) is -4.97. The summed E-state index contributed by atoms with van der Waals surface area (Å²) >= 11 is 0. The predicted octanol–water partition coefficient (Wildman–Crippen LogP) is 1.56. The minimum absolute atomic E-state index is 0.0620. The number of carbonyl (C=O) groups excluding carboxylic acids is 1. The molecule has 1 unspecified atom stereocenters. The molecule has 4 nitrogen and oxygen atoms in total. The minimum atomic E-state index is -4.18. The first-order chi connectivity index (χ1) is 7.24. The van der Waals surface area contributed by atoms with E-state index in [1.54, 1.807) is 0 Å². The summed E-state index contributed by atoms with van der Waals surface area (Å²) in [6, 6.07) is 0. The summed E-state index contributed by atoms with van der Waals surface area (Å²) in [5.74, 6) is -3.12. The van der Waals surface area contributed by atoms with Crippen molar-refractivity contribution in [1.82, 2.24) is 5.32 Å². The highest BCUT2D eigenvalue weighted by Gasteiger charge is 2.26. The Hall–Kier alpha value is -1.27. The number of rotatable bonds is 6. The van der Waals surface area contributed by atoms with Gasteiger partial charge < -0.3 is 10.4 Å². The van der Waals surface area contributed by atoms with Gasteiger partial charge in [0.25, 0.3) is 0 Å². The van der Waals surface area contributed by atoms with E-state index in [9.17, 15) is 22.8 Å². The van der Waals surface area contributed by atoms with Gasteiger partial charge in [-0.1, -0.05) is 0 Å². The van der Waals surface area contributed by atoms with Crippen LogP contribution in [0.2, 0.25) is 0 Å². The van der Waals surface area contributed by atoms with Gasteiger partial charge in [-0.2, -0.15) is 13.2 Å². The van der Waals surface area contributed by atoms with E-state index in [2.05, 4.69) is 5.32 Å². The smallest absolute Gasteiger partial charge is 0.389 e. The quantitative estimate of drug-likeness (QED) is 0.547. The molecule has 16 heavy (non-hydrogen) atoms. The number of unbranched alkanes of at least 4 members (excludes halogenated alkanes) is 1. The summed E-state index contributed by atoms with van der Waals surface area (Å²) in [5.41, 5.74) is 0. The van der Waals surface area contributed by atoms with Crippen LogP contribution in [0, 0.1) is 5.92 Å². The average Bonchev–Trinajstić information content (AvgIpc) is 2.13. The number of carboxylic acids is 1. The Bertz CT molecular complexity index is 253. The molecule has 7 heteroatoms. The van der Waals surface area contributed by atoms with Crippen molar-refractivity contribution < 1.29 is 27.9 Å². The lowest BCUT2D eigenvalue weighted by atomic mass is 10.1. The average molecular weight is 241 g/mol. The fourth-order valence-corrected chi connectivity index (χ4v) is 0.927. The van der Waals surface area contributed by atoms with Crippen molar-refractivity contribution in [3.63, 3.8) is 0 Å². The van der Waals surface area contributed by atoms with Crippen LogP contribution in [-0.4, -0.2) is 29.7 Å². The van der Waals surface area contributed by atoms with E-state index in [1.807, 2.05) is 0 Å². The first kappa shape index (κ1) is 14.7. The van der Waals surface area contributed by atoms with E-state index in [-0.39, 0.29) is 19.4 Å². The molecule has 0 saturated carbocycles. The molecule has 0 heterocycles. The van der Waals surface area contributed by atoms with Crippen LogP contribution in [0.3, 0.4) is 0 Å². The topological polar surface area (TPSA) is 66.4 Å². The van der Waals surface area contributed by atoms with Gasteiger partial charge in [0.1, 0.15) is 5.92 Å². The van der Waals surface area contributed by atoms with Gasteiger partial charge in [-0.05, 0) is 19.8 Å². The molecule has 0 spiro atoms. The number of carbonyl (C=O) groups is 2. The van der Waals surface area contributed by atoms with Crippen LogP contribution in [0.15, 0.2) is 0 Å². The molecule has 0 fully saturated rings. The molecular formula is C9H14F3NO3. The number of amides is 1. The number of hydrogen-bond acceptors (Lipinski definition) is 2. The Morgan fingerprint density at radius 3 is 2.31 bits per heavy atom. The lowest BCUT2D eigenvalue weighted by molar-refractivity contribution is -0.146. The highest BCUT2D eigenvalue weighted by molar-refractivity contribution is 5.96. The molecule has 2 N–H and O–H groups in total. The SMILES string of the molecule is CC(C(=O)O)C(=O)NCCCCC(F)(F)F. The lowest BCUT2D eigenvalue weighted by Crippen LogP contribution is -2.34. The van der Waals surface area contributed by atoms with Gasteiger partial charge in [0.05, 0.1) is 0 Å². The second-order valence-corrected chi connectivity index (χ2v) is 3.42. The van der Waals surface area contributed by atoms with E-state index in [0.717, 1.165) is 0 Å². The first-order valence-electron chi connectivity index (χ1n) is 4.81. The highest BCUT2D eigenvalue weighted by Crippen LogP contribution is 2.21. The van der Waals surface area contributed by atoms with Crippen molar-refractivity contribution in [3.05, 3.63) is 0 Å². The molecule has 0 aromatic heterocycles. The monoisotopic (exact) mass is 241 g/mol. The number of alkyl halides is 3. The number of nitrogens with one attached hydrogen (secondary N) is 1. The van der Waals surface area contributed by atoms with Gasteiger partial charge in [-0.3, -0.25) is 9.59 Å². The molecule has 0 radical (unpaired) electrons. The molecule has 0 aliphatic carbocycles. The minimum Gasteiger partial charge on any atom is -0.481 e. The summed E-state index contributed by atoms with van der Waals surface area (Å²) in [6.45, 7) is 1.28. The Morgan fingerprint density at radius 1 is 1.31 bits per heavy atom. The zero-order valence-electron chi connectivity index (χ0n) is 8.80. The van der Waals surface area contributed by atoms with Crippen LogP contribution in [0.1, 0.15) is 26.2 Å². The lowest BCUT2D eigenvalue weighted by Gasteiger charge is -2.09. The number of halogens is 3. The second-order valence-electron chi connectivity index (χ2n) is 3.42. The van der Waals surface area contributed by atoms with Crippen LogP contribution in [-0.2, 0) is 9.59 Å². The highest BCUT2D eigenvalue weighted by atomic mass is 19.4. The van der Waals surface area contributed by atoms with Crippen LogP contribution in [0.5, 0.6) is 0 Å². The molecule has 0 bridgehead atoms. The van der Waals surface area contributed by atoms with Crippen molar-refractivity contribution in [2.24, 2.45) is 5.92 Å². The van der Waals surface area contributed by atoms with Crippen molar-refractivity contribution in [3.8, 4) is 0 Å². The van der Waals surface area contributed by atoms with Gasteiger partial charge >= 0.3 is 12.1 Å². The zero-order valence-corrected chi connectivity index (χ0v) is 8.80. The van der Waals surface area contributed by atoms with E-state index in [1.165, 1.54) is 6.92 Å².